The van der Waals surface area contributed by atoms with Crippen molar-refractivity contribution in [3.63, 3.8) is 0 Å². The number of piperidine rings is 1. The van der Waals surface area contributed by atoms with E-state index in [2.05, 4.69) is 22.2 Å². The molecule has 1 aliphatic rings. The zero-order valence-corrected chi connectivity index (χ0v) is 20.5. The molecule has 0 bridgehead atoms. The van der Waals surface area contributed by atoms with Gasteiger partial charge in [-0.25, -0.2) is 0 Å². The maximum absolute atomic E-state index is 12.6. The second kappa shape index (κ2) is 11.4. The van der Waals surface area contributed by atoms with Gasteiger partial charge in [0.1, 0.15) is 6.42 Å². The van der Waals surface area contributed by atoms with Gasteiger partial charge in [0.15, 0.2) is 0 Å². The Morgan fingerprint density at radius 2 is 2.09 bits per heavy atom. The van der Waals surface area contributed by atoms with Crippen molar-refractivity contribution in [3.05, 3.63) is 51.0 Å². The Hall–Kier alpha value is -2.76. The van der Waals surface area contributed by atoms with Gasteiger partial charge in [0.25, 0.3) is 5.91 Å². The summed E-state index contributed by atoms with van der Waals surface area (Å²) in [5.41, 5.74) is 9.67. The van der Waals surface area contributed by atoms with Crippen LogP contribution >= 0.6 is 11.3 Å². The fourth-order valence-electron chi connectivity index (χ4n) is 4.76. The zero-order valence-electron chi connectivity index (χ0n) is 19.7. The maximum atomic E-state index is 12.6. The van der Waals surface area contributed by atoms with Gasteiger partial charge in [-0.3, -0.25) is 14.6 Å². The molecular weight excluding hydrogens is 434 g/mol. The molecule has 2 aromatic rings. The first kappa shape index (κ1) is 24.9. The van der Waals surface area contributed by atoms with E-state index in [1.807, 2.05) is 42.3 Å². The van der Waals surface area contributed by atoms with Crippen molar-refractivity contribution < 1.29 is 9.59 Å². The van der Waals surface area contributed by atoms with Crippen molar-refractivity contribution in [1.82, 2.24) is 14.8 Å². The molecule has 1 atom stereocenters. The number of aryl methyl sites for hydroxylation is 3. The third-order valence-electron chi connectivity index (χ3n) is 6.56. The van der Waals surface area contributed by atoms with Crippen molar-refractivity contribution in [2.45, 2.75) is 71.5 Å². The molecule has 0 unspecified atom stereocenters. The van der Waals surface area contributed by atoms with E-state index in [-0.39, 0.29) is 18.4 Å². The topological polar surface area (TPSA) is 103 Å². The number of primary amides is 1. The summed E-state index contributed by atoms with van der Waals surface area (Å²) >= 11 is 1.63. The molecule has 3 heterocycles. The highest BCUT2D eigenvalue weighted by molar-refractivity contribution is 7.07. The number of nitrogens with two attached hydrogens (primary N) is 1. The molecule has 0 aromatic carbocycles. The lowest BCUT2D eigenvalue weighted by atomic mass is 9.98. The largest absolute Gasteiger partial charge is 0.366 e. The third kappa shape index (κ3) is 6.40. The van der Waals surface area contributed by atoms with E-state index < -0.39 is 5.91 Å². The van der Waals surface area contributed by atoms with Crippen LogP contribution in [-0.4, -0.2) is 51.8 Å². The van der Waals surface area contributed by atoms with Crippen molar-refractivity contribution >= 4 is 23.2 Å². The van der Waals surface area contributed by atoms with Gasteiger partial charge in [0.2, 0.25) is 5.91 Å². The second-order valence-corrected chi connectivity index (χ2v) is 9.68. The highest BCUT2D eigenvalue weighted by atomic mass is 32.1. The molecule has 8 heteroatoms. The van der Waals surface area contributed by atoms with Crippen molar-refractivity contribution in [3.8, 4) is 6.07 Å². The summed E-state index contributed by atoms with van der Waals surface area (Å²) in [6, 6.07) is 6.59. The van der Waals surface area contributed by atoms with Crippen LogP contribution in [0.15, 0.2) is 22.9 Å². The summed E-state index contributed by atoms with van der Waals surface area (Å²) in [6.07, 6.45) is 3.57. The van der Waals surface area contributed by atoms with Crippen molar-refractivity contribution in [1.29, 1.82) is 5.26 Å². The quantitative estimate of drug-likeness (QED) is 0.607. The number of carbonyl (C=O) groups is 2. The molecule has 1 aliphatic heterocycles. The van der Waals surface area contributed by atoms with E-state index in [1.165, 1.54) is 0 Å². The number of thiophene rings is 1. The van der Waals surface area contributed by atoms with Gasteiger partial charge in [0.05, 0.1) is 17.3 Å². The van der Waals surface area contributed by atoms with Gasteiger partial charge in [-0.1, -0.05) is 0 Å². The molecular formula is C25H33N5O2S. The van der Waals surface area contributed by atoms with Gasteiger partial charge in [-0.2, -0.15) is 16.6 Å². The molecule has 0 aliphatic carbocycles. The molecule has 1 saturated heterocycles. The van der Waals surface area contributed by atoms with Crippen LogP contribution in [0.5, 0.6) is 0 Å². The van der Waals surface area contributed by atoms with Crippen LogP contribution in [0.4, 0.5) is 0 Å². The summed E-state index contributed by atoms with van der Waals surface area (Å²) in [7, 11) is 0. The minimum Gasteiger partial charge on any atom is -0.366 e. The first-order chi connectivity index (χ1) is 15.8. The van der Waals surface area contributed by atoms with E-state index in [0.29, 0.717) is 23.8 Å². The Kier molecular flexibility index (Phi) is 8.59. The zero-order chi connectivity index (χ0) is 24.0. The number of hydrogen-bond acceptors (Lipinski definition) is 6. The second-order valence-electron chi connectivity index (χ2n) is 8.90. The average molecular weight is 468 g/mol. The number of hydrogen-bond donors (Lipinski definition) is 1. The summed E-state index contributed by atoms with van der Waals surface area (Å²) in [5, 5.41) is 13.1. The smallest absolute Gasteiger partial charge is 0.250 e. The lowest BCUT2D eigenvalue weighted by molar-refractivity contribution is -0.134. The summed E-state index contributed by atoms with van der Waals surface area (Å²) in [4.78, 5) is 33.2. The Morgan fingerprint density at radius 3 is 2.67 bits per heavy atom. The predicted octanol–water partition coefficient (Wildman–Crippen LogP) is 3.59. The number of pyridine rings is 1. The number of rotatable bonds is 9. The van der Waals surface area contributed by atoms with E-state index in [1.54, 1.807) is 11.3 Å². The van der Waals surface area contributed by atoms with Gasteiger partial charge >= 0.3 is 0 Å². The number of carbonyl (C=O) groups excluding carboxylic acids is 2. The number of likely N-dealkylation sites (tertiary alicyclic amines) is 1. The fourth-order valence-corrected chi connectivity index (χ4v) is 5.42. The Labute approximate surface area is 200 Å². The highest BCUT2D eigenvalue weighted by Gasteiger charge is 2.29. The van der Waals surface area contributed by atoms with Gasteiger partial charge < -0.3 is 15.5 Å². The molecule has 0 saturated carbocycles. The summed E-state index contributed by atoms with van der Waals surface area (Å²) in [5.74, 6) is -0.506. The minimum atomic E-state index is -0.429. The van der Waals surface area contributed by atoms with Crippen LogP contribution in [-0.2, 0) is 17.8 Å². The Bertz CT molecular complexity index is 983. The van der Waals surface area contributed by atoms with Crippen LogP contribution in [0, 0.1) is 25.2 Å². The number of nitriles is 1. The standard InChI is InChI=1S/C25H33N5O2S/c1-17-14-21(28-19(3)24(17)25(27)32)5-4-18(2)29-11-7-22(8-12-29)30(23(31)6-10-26)15-20-9-13-33-16-20/h9,13-14,16,18,22H,4-8,11-12,15H2,1-3H3,(H2,27,32)/t18-/m1/s1. The molecule has 7 nitrogen and oxygen atoms in total. The van der Waals surface area contributed by atoms with Crippen molar-refractivity contribution in [2.24, 2.45) is 5.73 Å². The van der Waals surface area contributed by atoms with Gasteiger partial charge in [0, 0.05) is 37.4 Å². The van der Waals surface area contributed by atoms with Crippen LogP contribution in [0.2, 0.25) is 0 Å². The molecule has 2 aromatic heterocycles. The summed E-state index contributed by atoms with van der Waals surface area (Å²) < 4.78 is 0. The molecule has 2 amide bonds. The van der Waals surface area contributed by atoms with Crippen LogP contribution in [0.25, 0.3) is 0 Å². The monoisotopic (exact) mass is 467 g/mol. The summed E-state index contributed by atoms with van der Waals surface area (Å²) in [6.45, 7) is 8.41. The SMILES string of the molecule is Cc1cc(CC[C@@H](C)N2CCC(N(Cc3ccsc3)C(=O)CC#N)CC2)nc(C)c1C(N)=O. The maximum Gasteiger partial charge on any atom is 0.250 e. The van der Waals surface area contributed by atoms with Crippen molar-refractivity contribution in [2.75, 3.05) is 13.1 Å². The van der Waals surface area contributed by atoms with Gasteiger partial charge in [-0.15, -0.1) is 0 Å². The average Bonchev–Trinajstić information content (AvgIpc) is 3.29. The fraction of sp³-hybridized carbons (Fsp3) is 0.520. The third-order valence-corrected chi connectivity index (χ3v) is 7.29. The van der Waals surface area contributed by atoms with E-state index in [9.17, 15) is 9.59 Å². The number of nitrogens with zero attached hydrogens (tertiary/aromatic N) is 4. The Balaban J connectivity index is 1.55. The van der Waals surface area contributed by atoms with E-state index >= 15 is 0 Å². The van der Waals surface area contributed by atoms with E-state index in [0.717, 1.165) is 55.6 Å². The number of amides is 2. The molecule has 33 heavy (non-hydrogen) atoms. The van der Waals surface area contributed by atoms with E-state index in [4.69, 9.17) is 11.0 Å². The first-order valence-corrected chi connectivity index (χ1v) is 12.4. The first-order valence-electron chi connectivity index (χ1n) is 11.5. The Morgan fingerprint density at radius 1 is 1.36 bits per heavy atom. The molecule has 1 fully saturated rings. The predicted molar refractivity (Wildman–Crippen MR) is 130 cm³/mol. The van der Waals surface area contributed by atoms with Crippen LogP contribution in [0.3, 0.4) is 0 Å². The minimum absolute atomic E-state index is 0.0683. The van der Waals surface area contributed by atoms with Crippen LogP contribution in [0.1, 0.15) is 65.5 Å². The molecule has 3 rings (SSSR count). The number of aromatic nitrogens is 1. The lowest BCUT2D eigenvalue weighted by Gasteiger charge is -2.40. The molecule has 176 valence electrons. The highest BCUT2D eigenvalue weighted by Crippen LogP contribution is 2.23. The molecule has 2 N–H and O–H groups in total. The normalized spacial score (nSPS) is 15.7. The lowest BCUT2D eigenvalue weighted by Crippen LogP contribution is -2.49. The van der Waals surface area contributed by atoms with Gasteiger partial charge in [-0.05, 0) is 80.5 Å². The molecule has 0 radical (unpaired) electrons. The van der Waals surface area contributed by atoms with Crippen LogP contribution < -0.4 is 5.73 Å². The molecule has 0 spiro atoms.